The molecule has 3 N–H and O–H groups in total. The zero-order valence-corrected chi connectivity index (χ0v) is 16.7. The highest BCUT2D eigenvalue weighted by Gasteiger charge is 2.27. The smallest absolute Gasteiger partial charge is 0.306 e. The molecule has 0 radical (unpaired) electrons. The van der Waals surface area contributed by atoms with Crippen LogP contribution in [0, 0.1) is 5.92 Å². The normalized spacial score (nSPS) is 18.7. The highest BCUT2D eigenvalue weighted by molar-refractivity contribution is 6.32. The third-order valence-electron chi connectivity index (χ3n) is 4.96. The van der Waals surface area contributed by atoms with Crippen LogP contribution in [0.3, 0.4) is 0 Å². The number of aliphatic carboxylic acids is 1. The Morgan fingerprint density at radius 3 is 2.86 bits per heavy atom. The van der Waals surface area contributed by atoms with E-state index in [1.807, 2.05) is 24.3 Å². The summed E-state index contributed by atoms with van der Waals surface area (Å²) < 4.78 is 0. The van der Waals surface area contributed by atoms with Crippen LogP contribution in [0.4, 0.5) is 17.5 Å². The van der Waals surface area contributed by atoms with Crippen molar-refractivity contribution in [3.05, 3.63) is 53.7 Å². The maximum Gasteiger partial charge on any atom is 0.306 e. The van der Waals surface area contributed by atoms with Crippen molar-refractivity contribution >= 4 is 40.8 Å². The molecule has 1 heterocycles. The molecule has 0 aliphatic heterocycles. The van der Waals surface area contributed by atoms with Crippen molar-refractivity contribution in [3.8, 4) is 0 Å². The summed E-state index contributed by atoms with van der Waals surface area (Å²) in [4.78, 5) is 31.7. The number of nitrogens with one attached hydrogen (secondary N) is 2. The van der Waals surface area contributed by atoms with Crippen LogP contribution in [0.5, 0.6) is 0 Å². The summed E-state index contributed by atoms with van der Waals surface area (Å²) in [5.74, 6) is -0.400. The first-order valence-corrected chi connectivity index (χ1v) is 9.86. The first kappa shape index (κ1) is 20.8. The van der Waals surface area contributed by atoms with E-state index in [0.717, 1.165) is 24.1 Å². The Kier molecular flexibility index (Phi) is 6.82. The van der Waals surface area contributed by atoms with Crippen LogP contribution in [-0.4, -0.2) is 32.9 Å². The molecule has 1 aliphatic rings. The minimum Gasteiger partial charge on any atom is -0.481 e. The van der Waals surface area contributed by atoms with E-state index >= 15 is 0 Å². The summed E-state index contributed by atoms with van der Waals surface area (Å²) in [6.07, 6.45) is 5.96. The molecule has 2 unspecified atom stereocenters. The summed E-state index contributed by atoms with van der Waals surface area (Å²) in [7, 11) is 0. The monoisotopic (exact) mass is 414 g/mol. The second kappa shape index (κ2) is 9.52. The Morgan fingerprint density at radius 2 is 2.10 bits per heavy atom. The van der Waals surface area contributed by atoms with Crippen LogP contribution in [-0.2, 0) is 16.0 Å². The van der Waals surface area contributed by atoms with E-state index < -0.39 is 5.97 Å². The molecule has 152 valence electrons. The molecule has 0 amide bonds. The largest absolute Gasteiger partial charge is 0.481 e. The number of allylic oxidation sites excluding steroid dienone is 1. The number of anilines is 3. The van der Waals surface area contributed by atoms with Crippen LogP contribution >= 0.6 is 11.6 Å². The number of nitrogens with zero attached hydrogens (tertiary/aromatic N) is 2. The molecular formula is C21H23ClN4O3. The van der Waals surface area contributed by atoms with Crippen LogP contribution in [0.15, 0.2) is 43.1 Å². The maximum atomic E-state index is 11.8. The van der Waals surface area contributed by atoms with Gasteiger partial charge in [0.1, 0.15) is 5.02 Å². The number of aromatic nitrogens is 2. The van der Waals surface area contributed by atoms with Crippen LogP contribution in [0.2, 0.25) is 5.02 Å². The van der Waals surface area contributed by atoms with Gasteiger partial charge in [0.05, 0.1) is 12.1 Å². The zero-order chi connectivity index (χ0) is 20.8. The molecule has 7 nitrogen and oxygen atoms in total. The Balaban J connectivity index is 1.76. The molecule has 1 aromatic carbocycles. The van der Waals surface area contributed by atoms with Gasteiger partial charge in [0.2, 0.25) is 5.95 Å². The van der Waals surface area contributed by atoms with Crippen LogP contribution < -0.4 is 10.6 Å². The number of carboxylic acids is 1. The fourth-order valence-electron chi connectivity index (χ4n) is 3.44. The lowest BCUT2D eigenvalue weighted by Crippen LogP contribution is -2.31. The Hall–Kier alpha value is -2.93. The van der Waals surface area contributed by atoms with E-state index in [4.69, 9.17) is 11.6 Å². The number of hydrogen-bond acceptors (Lipinski definition) is 6. The molecule has 1 aliphatic carbocycles. The van der Waals surface area contributed by atoms with Gasteiger partial charge < -0.3 is 15.7 Å². The average molecular weight is 415 g/mol. The number of carbonyl (C=O) groups is 2. The predicted molar refractivity (Wildman–Crippen MR) is 113 cm³/mol. The Labute approximate surface area is 174 Å². The third-order valence-corrected chi connectivity index (χ3v) is 5.24. The van der Waals surface area contributed by atoms with Crippen molar-refractivity contribution in [3.63, 3.8) is 0 Å². The molecule has 8 heteroatoms. The average Bonchev–Trinajstić information content (AvgIpc) is 2.72. The summed E-state index contributed by atoms with van der Waals surface area (Å²) in [5, 5.41) is 16.0. The Bertz CT molecular complexity index is 919. The van der Waals surface area contributed by atoms with Gasteiger partial charge in [-0.1, -0.05) is 42.8 Å². The van der Waals surface area contributed by atoms with Crippen molar-refractivity contribution in [1.29, 1.82) is 0 Å². The fraction of sp³-hybridized carbons (Fsp3) is 0.333. The second-order valence-electron chi connectivity index (χ2n) is 7.06. The van der Waals surface area contributed by atoms with Crippen molar-refractivity contribution in [2.24, 2.45) is 5.92 Å². The molecular weight excluding hydrogens is 392 g/mol. The molecule has 0 bridgehead atoms. The summed E-state index contributed by atoms with van der Waals surface area (Å²) >= 11 is 6.26. The lowest BCUT2D eigenvalue weighted by molar-refractivity contribution is -0.142. The van der Waals surface area contributed by atoms with Crippen molar-refractivity contribution in [2.45, 2.75) is 38.1 Å². The zero-order valence-electron chi connectivity index (χ0n) is 15.9. The number of hydrogen-bond donors (Lipinski definition) is 3. The van der Waals surface area contributed by atoms with Crippen molar-refractivity contribution in [1.82, 2.24) is 9.97 Å². The van der Waals surface area contributed by atoms with E-state index in [0.29, 0.717) is 29.6 Å². The standard InChI is InChI=1S/C21H23ClN4O3/c1-2-16(27)11-13-6-3-4-9-18(13)25-19-17(22)12-23-21(26-19)24-15-8-5-7-14(10-15)20(28)29/h2-4,6,9,12,14-15H,1,5,7-8,10-11H2,(H,28,29)(H2,23,24,25,26). The van der Waals surface area contributed by atoms with Gasteiger partial charge in [0.25, 0.3) is 0 Å². The molecule has 29 heavy (non-hydrogen) atoms. The fourth-order valence-corrected chi connectivity index (χ4v) is 3.57. The molecule has 0 saturated heterocycles. The highest BCUT2D eigenvalue weighted by atomic mass is 35.5. The number of ketones is 1. The van der Waals surface area contributed by atoms with E-state index in [2.05, 4.69) is 27.2 Å². The summed E-state index contributed by atoms with van der Waals surface area (Å²) in [5.41, 5.74) is 1.52. The lowest BCUT2D eigenvalue weighted by Gasteiger charge is -2.27. The molecule has 1 fully saturated rings. The van der Waals surface area contributed by atoms with Gasteiger partial charge in [0.15, 0.2) is 11.6 Å². The van der Waals surface area contributed by atoms with E-state index in [-0.39, 0.29) is 24.2 Å². The molecule has 2 atom stereocenters. The van der Waals surface area contributed by atoms with Gasteiger partial charge in [-0.2, -0.15) is 4.98 Å². The van der Waals surface area contributed by atoms with Gasteiger partial charge in [-0.05, 0) is 37.0 Å². The predicted octanol–water partition coefficient (Wildman–Crippen LogP) is 4.23. The number of benzene rings is 1. The molecule has 0 spiro atoms. The SMILES string of the molecule is C=CC(=O)Cc1ccccc1Nc1nc(NC2CCCC(C(=O)O)C2)ncc1Cl. The van der Waals surface area contributed by atoms with Crippen LogP contribution in [0.25, 0.3) is 0 Å². The molecule has 1 saturated carbocycles. The molecule has 2 aromatic rings. The van der Waals surface area contributed by atoms with Gasteiger partial charge in [-0.25, -0.2) is 4.98 Å². The maximum absolute atomic E-state index is 11.8. The third kappa shape index (κ3) is 5.54. The van der Waals surface area contributed by atoms with Gasteiger partial charge in [0, 0.05) is 18.2 Å². The first-order chi connectivity index (χ1) is 14.0. The number of halogens is 1. The highest BCUT2D eigenvalue weighted by Crippen LogP contribution is 2.29. The summed E-state index contributed by atoms with van der Waals surface area (Å²) in [6.45, 7) is 3.51. The minimum atomic E-state index is -0.762. The quantitative estimate of drug-likeness (QED) is 0.555. The lowest BCUT2D eigenvalue weighted by atomic mass is 9.86. The first-order valence-electron chi connectivity index (χ1n) is 9.48. The Morgan fingerprint density at radius 1 is 1.31 bits per heavy atom. The van der Waals surface area contributed by atoms with Crippen molar-refractivity contribution in [2.75, 3.05) is 10.6 Å². The second-order valence-corrected chi connectivity index (χ2v) is 7.47. The van der Waals surface area contributed by atoms with Gasteiger partial charge in [-0.3, -0.25) is 9.59 Å². The van der Waals surface area contributed by atoms with Gasteiger partial charge in [-0.15, -0.1) is 0 Å². The van der Waals surface area contributed by atoms with Gasteiger partial charge >= 0.3 is 5.97 Å². The van der Waals surface area contributed by atoms with Crippen molar-refractivity contribution < 1.29 is 14.7 Å². The minimum absolute atomic E-state index is 0.00336. The number of carbonyl (C=O) groups excluding carboxylic acids is 1. The number of rotatable bonds is 8. The number of carboxylic acid groups (broad SMARTS) is 1. The molecule has 1 aromatic heterocycles. The van der Waals surface area contributed by atoms with E-state index in [1.165, 1.54) is 12.3 Å². The van der Waals surface area contributed by atoms with E-state index in [9.17, 15) is 14.7 Å². The topological polar surface area (TPSA) is 104 Å². The van der Waals surface area contributed by atoms with Crippen LogP contribution in [0.1, 0.15) is 31.2 Å². The van der Waals surface area contributed by atoms with E-state index in [1.54, 1.807) is 0 Å². The molecule has 3 rings (SSSR count). The summed E-state index contributed by atoms with van der Waals surface area (Å²) in [6, 6.07) is 7.40. The number of para-hydroxylation sites is 1.